The average Bonchev–Trinajstić information content (AvgIpc) is 2.94. The van der Waals surface area contributed by atoms with Crippen molar-refractivity contribution in [3.63, 3.8) is 0 Å². The number of aromatic nitrogens is 1. The van der Waals surface area contributed by atoms with Crippen LogP contribution in [0, 0.1) is 17.8 Å². The third-order valence-electron chi connectivity index (χ3n) is 6.81. The van der Waals surface area contributed by atoms with E-state index in [1.54, 1.807) is 44.6 Å². The molecule has 4 rings (SSSR count). The van der Waals surface area contributed by atoms with Gasteiger partial charge in [0.05, 0.1) is 19.3 Å². The van der Waals surface area contributed by atoms with Gasteiger partial charge in [-0.15, -0.1) is 0 Å². The molecule has 2 aromatic carbocycles. The smallest absolute Gasteiger partial charge is 0.247 e. The molecule has 1 N–H and O–H groups in total. The molecule has 0 unspecified atom stereocenters. The van der Waals surface area contributed by atoms with Gasteiger partial charge in [0.1, 0.15) is 22.5 Å². The van der Waals surface area contributed by atoms with Gasteiger partial charge in [0.25, 0.3) is 0 Å². The molecule has 0 saturated carbocycles. The molecule has 0 saturated heterocycles. The molecule has 3 atom stereocenters. The van der Waals surface area contributed by atoms with Crippen molar-refractivity contribution in [2.45, 2.75) is 37.4 Å². The highest BCUT2D eigenvalue weighted by Gasteiger charge is 2.38. The number of pyridine rings is 1. The number of para-hydroxylation sites is 1. The van der Waals surface area contributed by atoms with E-state index in [-0.39, 0.29) is 35.8 Å². The first-order valence-corrected chi connectivity index (χ1v) is 14.3. The number of fused-ring (bicyclic) bond motifs is 1. The first-order valence-electron chi connectivity index (χ1n) is 12.9. The van der Waals surface area contributed by atoms with Crippen LogP contribution in [-0.4, -0.2) is 73.7 Å². The Bertz CT molecular complexity index is 1440. The minimum atomic E-state index is -3.92. The fourth-order valence-electron chi connectivity index (χ4n) is 4.58. The Labute approximate surface area is 231 Å². The standard InChI is InChI=1S/C30H35N3O5S/c1-22-18-33(23(2)21-34)39(35,36)30-12-10-24(9-11-26-7-5-6-8-27(26)37-4)17-28(30)38-29(22)20-32(3)19-25-13-15-31-16-14-25/h5-8,10,12-17,22-23,29,34H,18-21H2,1-4H3/t22-,23-,29+/m1/s1. The molecule has 0 amide bonds. The van der Waals surface area contributed by atoms with Crippen molar-refractivity contribution in [1.82, 2.24) is 14.2 Å². The Balaban J connectivity index is 1.71. The molecule has 9 heteroatoms. The van der Waals surface area contributed by atoms with E-state index in [2.05, 4.69) is 21.7 Å². The van der Waals surface area contributed by atoms with E-state index in [0.29, 0.717) is 24.4 Å². The number of hydrogen-bond donors (Lipinski definition) is 1. The Hall–Kier alpha value is -3.42. The van der Waals surface area contributed by atoms with Crippen molar-refractivity contribution in [2.75, 3.05) is 33.9 Å². The van der Waals surface area contributed by atoms with Crippen LogP contribution < -0.4 is 9.47 Å². The van der Waals surface area contributed by atoms with E-state index in [1.807, 2.05) is 50.4 Å². The lowest BCUT2D eigenvalue weighted by atomic mass is 10.0. The van der Waals surface area contributed by atoms with Gasteiger partial charge in [-0.2, -0.15) is 4.31 Å². The third kappa shape index (κ3) is 6.78. The number of ether oxygens (including phenoxy) is 2. The van der Waals surface area contributed by atoms with E-state index in [1.165, 1.54) is 4.31 Å². The summed E-state index contributed by atoms with van der Waals surface area (Å²) in [4.78, 5) is 6.30. The van der Waals surface area contributed by atoms with Crippen LogP contribution in [0.25, 0.3) is 0 Å². The van der Waals surface area contributed by atoms with E-state index >= 15 is 0 Å². The van der Waals surface area contributed by atoms with Crippen LogP contribution in [0.2, 0.25) is 0 Å². The predicted molar refractivity (Wildman–Crippen MR) is 150 cm³/mol. The Kier molecular flexibility index (Phi) is 9.25. The topological polar surface area (TPSA) is 92.2 Å². The zero-order valence-corrected chi connectivity index (χ0v) is 23.6. The van der Waals surface area contributed by atoms with Gasteiger partial charge in [0, 0.05) is 49.6 Å². The van der Waals surface area contributed by atoms with Crippen molar-refractivity contribution >= 4 is 10.0 Å². The van der Waals surface area contributed by atoms with Gasteiger partial charge in [0.2, 0.25) is 10.0 Å². The molecule has 0 bridgehead atoms. The summed E-state index contributed by atoms with van der Waals surface area (Å²) < 4.78 is 40.7. The fourth-order valence-corrected chi connectivity index (χ4v) is 6.41. The van der Waals surface area contributed by atoms with E-state index < -0.39 is 16.1 Å². The third-order valence-corrected chi connectivity index (χ3v) is 8.83. The molecule has 3 aromatic rings. The van der Waals surface area contributed by atoms with Crippen molar-refractivity contribution in [1.29, 1.82) is 0 Å². The maximum Gasteiger partial charge on any atom is 0.247 e. The number of likely N-dealkylation sites (N-methyl/N-ethyl adjacent to an activating group) is 1. The second-order valence-electron chi connectivity index (χ2n) is 9.90. The lowest BCUT2D eigenvalue weighted by Gasteiger charge is -2.37. The van der Waals surface area contributed by atoms with Crippen LogP contribution in [0.5, 0.6) is 11.5 Å². The lowest BCUT2D eigenvalue weighted by Crippen LogP contribution is -2.49. The van der Waals surface area contributed by atoms with E-state index in [0.717, 1.165) is 11.1 Å². The van der Waals surface area contributed by atoms with Crippen LogP contribution in [0.4, 0.5) is 0 Å². The number of aliphatic hydroxyl groups is 1. The predicted octanol–water partition coefficient (Wildman–Crippen LogP) is 3.39. The van der Waals surface area contributed by atoms with Gasteiger partial charge in [-0.25, -0.2) is 8.42 Å². The number of sulfonamides is 1. The second kappa shape index (κ2) is 12.6. The molecule has 8 nitrogen and oxygen atoms in total. The van der Waals surface area contributed by atoms with Gasteiger partial charge in [-0.3, -0.25) is 9.88 Å². The summed E-state index contributed by atoms with van der Waals surface area (Å²) in [7, 11) is -0.318. The first-order chi connectivity index (χ1) is 18.7. The summed E-state index contributed by atoms with van der Waals surface area (Å²) >= 11 is 0. The molecule has 1 aliphatic rings. The van der Waals surface area contributed by atoms with Gasteiger partial charge >= 0.3 is 0 Å². The largest absolute Gasteiger partial charge is 0.495 e. The number of aliphatic hydroxyl groups excluding tert-OH is 1. The summed E-state index contributed by atoms with van der Waals surface area (Å²) in [6, 6.07) is 15.7. The van der Waals surface area contributed by atoms with Crippen molar-refractivity contribution < 1.29 is 23.0 Å². The molecule has 1 aromatic heterocycles. The fraction of sp³-hybridized carbons (Fsp3) is 0.367. The van der Waals surface area contributed by atoms with Crippen molar-refractivity contribution in [3.8, 4) is 23.3 Å². The van der Waals surface area contributed by atoms with Gasteiger partial charge in [0.15, 0.2) is 0 Å². The number of benzene rings is 2. The first kappa shape index (κ1) is 28.6. The zero-order chi connectivity index (χ0) is 28.0. The summed E-state index contributed by atoms with van der Waals surface area (Å²) in [6.45, 7) is 4.91. The number of rotatable bonds is 7. The highest BCUT2D eigenvalue weighted by atomic mass is 32.2. The quantitative estimate of drug-likeness (QED) is 0.452. The molecule has 0 aliphatic carbocycles. The maximum atomic E-state index is 13.7. The SMILES string of the molecule is COc1ccccc1C#Cc1ccc2c(c1)O[C@@H](CN(C)Cc1ccncc1)[C@H](C)CN([C@H](C)CO)S2(=O)=O. The minimum absolute atomic E-state index is 0.0688. The average molecular weight is 550 g/mol. The Morgan fingerprint density at radius 3 is 2.64 bits per heavy atom. The maximum absolute atomic E-state index is 13.7. The van der Waals surface area contributed by atoms with Crippen LogP contribution in [0.15, 0.2) is 71.9 Å². The zero-order valence-electron chi connectivity index (χ0n) is 22.7. The van der Waals surface area contributed by atoms with E-state index in [9.17, 15) is 13.5 Å². The molecule has 0 fully saturated rings. The normalized spacial score (nSPS) is 19.5. The molecule has 0 radical (unpaired) electrons. The Morgan fingerprint density at radius 1 is 1.18 bits per heavy atom. The minimum Gasteiger partial charge on any atom is -0.495 e. The summed E-state index contributed by atoms with van der Waals surface area (Å²) in [5.74, 6) is 7.00. The van der Waals surface area contributed by atoms with Gasteiger partial charge < -0.3 is 14.6 Å². The summed E-state index contributed by atoms with van der Waals surface area (Å²) in [5.41, 5.74) is 2.47. The van der Waals surface area contributed by atoms with Crippen molar-refractivity contribution in [3.05, 3.63) is 83.7 Å². The molecular formula is C30H35N3O5S. The lowest BCUT2D eigenvalue weighted by molar-refractivity contribution is 0.0733. The second-order valence-corrected chi connectivity index (χ2v) is 11.8. The molecule has 0 spiro atoms. The monoisotopic (exact) mass is 549 g/mol. The molecular weight excluding hydrogens is 514 g/mol. The highest BCUT2D eigenvalue weighted by molar-refractivity contribution is 7.89. The number of methoxy groups -OCH3 is 1. The summed E-state index contributed by atoms with van der Waals surface area (Å²) in [5, 5.41) is 9.88. The van der Waals surface area contributed by atoms with Crippen LogP contribution >= 0.6 is 0 Å². The molecule has 206 valence electrons. The number of nitrogens with zero attached hydrogens (tertiary/aromatic N) is 3. The summed E-state index contributed by atoms with van der Waals surface area (Å²) in [6.07, 6.45) is 3.22. The van der Waals surface area contributed by atoms with Crippen LogP contribution in [0.1, 0.15) is 30.5 Å². The van der Waals surface area contributed by atoms with Gasteiger partial charge in [-0.05, 0) is 62.0 Å². The van der Waals surface area contributed by atoms with Gasteiger partial charge in [-0.1, -0.05) is 30.9 Å². The van der Waals surface area contributed by atoms with Crippen LogP contribution in [-0.2, 0) is 16.6 Å². The van der Waals surface area contributed by atoms with E-state index in [4.69, 9.17) is 9.47 Å². The van der Waals surface area contributed by atoms with Crippen LogP contribution in [0.3, 0.4) is 0 Å². The Morgan fingerprint density at radius 2 is 1.92 bits per heavy atom. The molecule has 39 heavy (non-hydrogen) atoms. The number of hydrogen-bond acceptors (Lipinski definition) is 7. The molecule has 1 aliphatic heterocycles. The van der Waals surface area contributed by atoms with Crippen molar-refractivity contribution in [2.24, 2.45) is 5.92 Å². The highest BCUT2D eigenvalue weighted by Crippen LogP contribution is 2.34. The molecule has 2 heterocycles.